The zero-order chi connectivity index (χ0) is 13.1. The van der Waals surface area contributed by atoms with Gasteiger partial charge in [0.15, 0.2) is 0 Å². The molecular weight excluding hydrogens is 267 g/mol. The maximum Gasteiger partial charge on any atom is 0.123 e. The minimum Gasteiger partial charge on any atom is -0.496 e. The molecule has 0 aromatic heterocycles. The van der Waals surface area contributed by atoms with Gasteiger partial charge in [0.05, 0.1) is 12.5 Å². The van der Waals surface area contributed by atoms with Gasteiger partial charge in [-0.3, -0.25) is 0 Å². The summed E-state index contributed by atoms with van der Waals surface area (Å²) >= 11 is 12.7. The van der Waals surface area contributed by atoms with Crippen LogP contribution in [0.15, 0.2) is 42.5 Å². The molecule has 94 valence electrons. The van der Waals surface area contributed by atoms with E-state index in [-0.39, 0.29) is 5.38 Å². The Morgan fingerprint density at radius 2 is 1.78 bits per heavy atom. The molecule has 2 rings (SSSR count). The Morgan fingerprint density at radius 3 is 2.44 bits per heavy atom. The molecule has 1 nitrogen and oxygen atoms in total. The number of benzene rings is 2. The smallest absolute Gasteiger partial charge is 0.123 e. The standard InChI is InChI=1S/C15H14Cl2O/c1-10-7-8-14(18-2)12(9-10)15(17)11-5-3-4-6-13(11)16/h3-9,15H,1-2H3. The first-order valence-electron chi connectivity index (χ1n) is 5.66. The van der Waals surface area contributed by atoms with Crippen LogP contribution in [0.2, 0.25) is 5.02 Å². The van der Waals surface area contributed by atoms with E-state index in [4.69, 9.17) is 27.9 Å². The van der Waals surface area contributed by atoms with Crippen molar-refractivity contribution in [2.75, 3.05) is 7.11 Å². The van der Waals surface area contributed by atoms with Gasteiger partial charge in [0, 0.05) is 10.6 Å². The predicted molar refractivity (Wildman–Crippen MR) is 76.9 cm³/mol. The summed E-state index contributed by atoms with van der Waals surface area (Å²) in [6, 6.07) is 13.5. The molecule has 0 N–H and O–H groups in total. The molecule has 0 aliphatic carbocycles. The van der Waals surface area contributed by atoms with Crippen LogP contribution >= 0.6 is 23.2 Å². The van der Waals surface area contributed by atoms with E-state index in [1.807, 2.05) is 49.4 Å². The molecule has 2 aromatic carbocycles. The van der Waals surface area contributed by atoms with E-state index in [0.717, 1.165) is 22.4 Å². The van der Waals surface area contributed by atoms with E-state index in [2.05, 4.69) is 0 Å². The molecule has 0 radical (unpaired) electrons. The fourth-order valence-electron chi connectivity index (χ4n) is 1.90. The number of hydrogen-bond acceptors (Lipinski definition) is 1. The summed E-state index contributed by atoms with van der Waals surface area (Å²) in [6.45, 7) is 2.03. The molecule has 0 saturated carbocycles. The average Bonchev–Trinajstić information content (AvgIpc) is 2.38. The Balaban J connectivity index is 2.48. The molecule has 3 heteroatoms. The monoisotopic (exact) mass is 280 g/mol. The van der Waals surface area contributed by atoms with Crippen molar-refractivity contribution in [3.63, 3.8) is 0 Å². The average molecular weight is 281 g/mol. The molecule has 18 heavy (non-hydrogen) atoms. The van der Waals surface area contributed by atoms with Gasteiger partial charge >= 0.3 is 0 Å². The van der Waals surface area contributed by atoms with Crippen LogP contribution in [-0.4, -0.2) is 7.11 Å². The zero-order valence-electron chi connectivity index (χ0n) is 10.3. The van der Waals surface area contributed by atoms with E-state index >= 15 is 0 Å². The van der Waals surface area contributed by atoms with Crippen LogP contribution < -0.4 is 4.74 Å². The number of aryl methyl sites for hydroxylation is 1. The lowest BCUT2D eigenvalue weighted by molar-refractivity contribution is 0.410. The normalized spacial score (nSPS) is 12.2. The van der Waals surface area contributed by atoms with Gasteiger partial charge in [0.2, 0.25) is 0 Å². The maximum absolute atomic E-state index is 6.53. The number of ether oxygens (including phenoxy) is 1. The van der Waals surface area contributed by atoms with Crippen molar-refractivity contribution in [3.8, 4) is 5.75 Å². The summed E-state index contributed by atoms with van der Waals surface area (Å²) in [5, 5.41) is 0.356. The largest absolute Gasteiger partial charge is 0.496 e. The lowest BCUT2D eigenvalue weighted by Gasteiger charge is -2.16. The highest BCUT2D eigenvalue weighted by molar-refractivity contribution is 6.33. The quantitative estimate of drug-likeness (QED) is 0.720. The van der Waals surface area contributed by atoms with E-state index < -0.39 is 0 Å². The van der Waals surface area contributed by atoms with Gasteiger partial charge in [0.25, 0.3) is 0 Å². The first kappa shape index (κ1) is 13.3. The molecule has 1 unspecified atom stereocenters. The fraction of sp³-hybridized carbons (Fsp3) is 0.200. The summed E-state index contributed by atoms with van der Waals surface area (Å²) in [6.07, 6.45) is 0. The predicted octanol–water partition coefficient (Wildman–Crippen LogP) is 4.99. The molecule has 0 fully saturated rings. The topological polar surface area (TPSA) is 9.23 Å². The highest BCUT2D eigenvalue weighted by Crippen LogP contribution is 2.38. The van der Waals surface area contributed by atoms with Crippen LogP contribution in [0.4, 0.5) is 0 Å². The molecule has 0 aliphatic rings. The van der Waals surface area contributed by atoms with Crippen LogP contribution in [-0.2, 0) is 0 Å². The molecule has 1 atom stereocenters. The lowest BCUT2D eigenvalue weighted by atomic mass is 10.0. The van der Waals surface area contributed by atoms with Gasteiger partial charge in [-0.05, 0) is 24.6 Å². The molecule has 0 heterocycles. The summed E-state index contributed by atoms with van der Waals surface area (Å²) in [5.74, 6) is 0.778. The first-order chi connectivity index (χ1) is 8.63. The highest BCUT2D eigenvalue weighted by atomic mass is 35.5. The van der Waals surface area contributed by atoms with Crippen LogP contribution in [0.5, 0.6) is 5.75 Å². The van der Waals surface area contributed by atoms with Crippen molar-refractivity contribution in [2.24, 2.45) is 0 Å². The van der Waals surface area contributed by atoms with Crippen molar-refractivity contribution in [2.45, 2.75) is 12.3 Å². The highest BCUT2D eigenvalue weighted by Gasteiger charge is 2.17. The number of alkyl halides is 1. The summed E-state index contributed by atoms with van der Waals surface area (Å²) < 4.78 is 5.36. The number of methoxy groups -OCH3 is 1. The van der Waals surface area contributed by atoms with Gasteiger partial charge in [0.1, 0.15) is 5.75 Å². The van der Waals surface area contributed by atoms with E-state index in [9.17, 15) is 0 Å². The third kappa shape index (κ3) is 2.63. The number of halogens is 2. The molecule has 0 bridgehead atoms. The van der Waals surface area contributed by atoms with Crippen molar-refractivity contribution in [3.05, 3.63) is 64.2 Å². The van der Waals surface area contributed by atoms with E-state index in [1.165, 1.54) is 0 Å². The Bertz CT molecular complexity index is 552. The molecule has 0 aliphatic heterocycles. The van der Waals surface area contributed by atoms with Crippen molar-refractivity contribution in [1.29, 1.82) is 0 Å². The minimum atomic E-state index is -0.312. The van der Waals surface area contributed by atoms with Gasteiger partial charge < -0.3 is 4.74 Å². The van der Waals surface area contributed by atoms with Gasteiger partial charge in [-0.15, -0.1) is 11.6 Å². The summed E-state index contributed by atoms with van der Waals surface area (Å²) in [7, 11) is 1.64. The van der Waals surface area contributed by atoms with Crippen molar-refractivity contribution in [1.82, 2.24) is 0 Å². The zero-order valence-corrected chi connectivity index (χ0v) is 11.8. The van der Waals surface area contributed by atoms with Crippen LogP contribution in [0.1, 0.15) is 22.1 Å². The molecule has 0 spiro atoms. The third-order valence-corrected chi connectivity index (χ3v) is 3.65. The van der Waals surface area contributed by atoms with Crippen LogP contribution in [0.25, 0.3) is 0 Å². The fourth-order valence-corrected chi connectivity index (χ4v) is 2.56. The van der Waals surface area contributed by atoms with Gasteiger partial charge in [-0.1, -0.05) is 47.5 Å². The second kappa shape index (κ2) is 5.64. The minimum absolute atomic E-state index is 0.312. The SMILES string of the molecule is COc1ccc(C)cc1C(Cl)c1ccccc1Cl. The van der Waals surface area contributed by atoms with Gasteiger partial charge in [-0.2, -0.15) is 0 Å². The Hall–Kier alpha value is -1.18. The number of hydrogen-bond donors (Lipinski definition) is 0. The summed E-state index contributed by atoms with van der Waals surface area (Å²) in [4.78, 5) is 0. The molecular formula is C15H14Cl2O. The number of rotatable bonds is 3. The van der Waals surface area contributed by atoms with E-state index in [1.54, 1.807) is 7.11 Å². The van der Waals surface area contributed by atoms with Crippen molar-refractivity contribution >= 4 is 23.2 Å². The molecule has 2 aromatic rings. The van der Waals surface area contributed by atoms with Gasteiger partial charge in [-0.25, -0.2) is 0 Å². The van der Waals surface area contributed by atoms with Crippen molar-refractivity contribution < 1.29 is 4.74 Å². The second-order valence-electron chi connectivity index (χ2n) is 4.13. The third-order valence-electron chi connectivity index (χ3n) is 2.84. The Kier molecular flexibility index (Phi) is 4.15. The van der Waals surface area contributed by atoms with Crippen LogP contribution in [0, 0.1) is 6.92 Å². The summed E-state index contributed by atoms with van der Waals surface area (Å²) in [5.41, 5.74) is 2.97. The maximum atomic E-state index is 6.53. The Labute approximate surface area is 117 Å². The lowest BCUT2D eigenvalue weighted by Crippen LogP contribution is -1.98. The van der Waals surface area contributed by atoms with Crippen LogP contribution in [0.3, 0.4) is 0 Å². The Morgan fingerprint density at radius 1 is 1.06 bits per heavy atom. The second-order valence-corrected chi connectivity index (χ2v) is 4.97. The first-order valence-corrected chi connectivity index (χ1v) is 6.48. The molecule has 0 saturated heterocycles. The molecule has 0 amide bonds. The van der Waals surface area contributed by atoms with E-state index in [0.29, 0.717) is 5.02 Å².